The second-order valence-electron chi connectivity index (χ2n) is 11.3. The Morgan fingerprint density at radius 2 is 2.03 bits per heavy atom. The number of pyridine rings is 1. The van der Waals surface area contributed by atoms with Gasteiger partial charge in [-0.3, -0.25) is 14.9 Å². The third-order valence-corrected chi connectivity index (χ3v) is 10.4. The number of anilines is 1. The lowest BCUT2D eigenvalue weighted by molar-refractivity contribution is -0.147. The first-order valence-corrected chi connectivity index (χ1v) is 14.3. The van der Waals surface area contributed by atoms with Crippen LogP contribution in [-0.2, 0) is 11.2 Å². The second-order valence-corrected chi connectivity index (χ2v) is 12.8. The highest BCUT2D eigenvalue weighted by atomic mass is 35.5. The number of aliphatic hydroxyl groups is 2. The van der Waals surface area contributed by atoms with E-state index in [4.69, 9.17) is 16.6 Å². The number of nitrogens with zero attached hydrogens (tertiary/aromatic N) is 3. The van der Waals surface area contributed by atoms with Crippen molar-refractivity contribution in [3.05, 3.63) is 39.6 Å². The van der Waals surface area contributed by atoms with Gasteiger partial charge in [-0.05, 0) is 62.0 Å². The van der Waals surface area contributed by atoms with Crippen LogP contribution in [0.2, 0.25) is 5.15 Å². The van der Waals surface area contributed by atoms with E-state index in [2.05, 4.69) is 17.2 Å². The van der Waals surface area contributed by atoms with Crippen molar-refractivity contribution in [2.45, 2.75) is 70.8 Å². The van der Waals surface area contributed by atoms with Crippen LogP contribution in [0.25, 0.3) is 0 Å². The standard InChI is InChI=1S/C27H35ClN4O4S/c1-26-8-6-20(34)27(2,15-33)19(26)14-18-23(17(26)13-22(35)32-10-4-3-5-11-32)30-25(37-18)31-24(36)16-7-9-29-21(28)12-16/h7,9,12,17,19-20,33-34H,3-6,8,10-11,13-15H2,1-2H3,(H,30,31,36). The summed E-state index contributed by atoms with van der Waals surface area (Å²) in [5.41, 5.74) is 0.261. The molecule has 0 radical (unpaired) electrons. The van der Waals surface area contributed by atoms with Gasteiger partial charge >= 0.3 is 0 Å². The molecule has 3 N–H and O–H groups in total. The zero-order chi connectivity index (χ0) is 26.4. The van der Waals surface area contributed by atoms with Crippen molar-refractivity contribution in [2.75, 3.05) is 25.0 Å². The lowest BCUT2D eigenvalue weighted by Gasteiger charge is -2.58. The molecule has 37 heavy (non-hydrogen) atoms. The van der Waals surface area contributed by atoms with E-state index in [9.17, 15) is 19.8 Å². The number of hydrogen-bond donors (Lipinski definition) is 3. The number of amides is 2. The monoisotopic (exact) mass is 546 g/mol. The molecule has 2 amide bonds. The smallest absolute Gasteiger partial charge is 0.257 e. The van der Waals surface area contributed by atoms with Gasteiger partial charge in [-0.2, -0.15) is 0 Å². The van der Waals surface area contributed by atoms with Gasteiger partial charge in [-0.15, -0.1) is 11.3 Å². The minimum atomic E-state index is -0.682. The van der Waals surface area contributed by atoms with E-state index in [-0.39, 0.29) is 40.8 Å². The molecule has 2 aliphatic carbocycles. The summed E-state index contributed by atoms with van der Waals surface area (Å²) in [5.74, 6) is -0.371. The summed E-state index contributed by atoms with van der Waals surface area (Å²) in [5, 5.41) is 25.0. The Kier molecular flexibility index (Phi) is 7.35. The van der Waals surface area contributed by atoms with Crippen molar-refractivity contribution in [3.8, 4) is 0 Å². The van der Waals surface area contributed by atoms with E-state index in [1.54, 1.807) is 6.07 Å². The number of halogens is 1. The number of carbonyl (C=O) groups excluding carboxylic acids is 2. The molecule has 1 saturated heterocycles. The number of fused-ring (bicyclic) bond motifs is 2. The Hall–Kier alpha value is -2.07. The Balaban J connectivity index is 1.50. The van der Waals surface area contributed by atoms with Crippen molar-refractivity contribution in [1.29, 1.82) is 0 Å². The normalized spacial score (nSPS) is 31.4. The number of likely N-dealkylation sites (tertiary alicyclic amines) is 1. The second kappa shape index (κ2) is 10.2. The lowest BCUT2D eigenvalue weighted by Crippen LogP contribution is -2.57. The third-order valence-electron chi connectivity index (χ3n) is 9.19. The van der Waals surface area contributed by atoms with Crippen LogP contribution >= 0.6 is 22.9 Å². The van der Waals surface area contributed by atoms with Gasteiger partial charge < -0.3 is 15.1 Å². The Morgan fingerprint density at radius 1 is 1.27 bits per heavy atom. The fourth-order valence-electron chi connectivity index (χ4n) is 6.86. The summed E-state index contributed by atoms with van der Waals surface area (Å²) < 4.78 is 0. The maximum absolute atomic E-state index is 13.5. The number of thiazole rings is 1. The van der Waals surface area contributed by atoms with Gasteiger partial charge in [0.25, 0.3) is 5.91 Å². The molecular weight excluding hydrogens is 512 g/mol. The molecule has 0 aromatic carbocycles. The first-order chi connectivity index (χ1) is 17.7. The minimum Gasteiger partial charge on any atom is -0.396 e. The van der Waals surface area contributed by atoms with Gasteiger partial charge in [0.2, 0.25) is 5.91 Å². The highest BCUT2D eigenvalue weighted by Crippen LogP contribution is 2.63. The van der Waals surface area contributed by atoms with Gasteiger partial charge in [0.1, 0.15) is 5.15 Å². The molecule has 0 spiro atoms. The average Bonchev–Trinajstić information content (AvgIpc) is 3.30. The van der Waals surface area contributed by atoms with Gasteiger partial charge in [0.15, 0.2) is 5.13 Å². The zero-order valence-corrected chi connectivity index (χ0v) is 22.9. The fourth-order valence-corrected chi connectivity index (χ4v) is 8.10. The van der Waals surface area contributed by atoms with Gasteiger partial charge in [-0.25, -0.2) is 9.97 Å². The Bertz CT molecular complexity index is 1180. The summed E-state index contributed by atoms with van der Waals surface area (Å²) in [6.45, 7) is 5.62. The average molecular weight is 547 g/mol. The largest absolute Gasteiger partial charge is 0.396 e. The number of aliphatic hydroxyl groups excluding tert-OH is 2. The summed E-state index contributed by atoms with van der Waals surface area (Å²) in [6, 6.07) is 3.10. The van der Waals surface area contributed by atoms with Crippen LogP contribution in [0.15, 0.2) is 18.3 Å². The molecule has 5 unspecified atom stereocenters. The van der Waals surface area contributed by atoms with E-state index < -0.39 is 11.5 Å². The summed E-state index contributed by atoms with van der Waals surface area (Å²) in [7, 11) is 0. The Morgan fingerprint density at radius 3 is 2.73 bits per heavy atom. The van der Waals surface area contributed by atoms with Crippen LogP contribution in [0.3, 0.4) is 0 Å². The highest BCUT2D eigenvalue weighted by Gasteiger charge is 2.59. The van der Waals surface area contributed by atoms with Crippen LogP contribution in [0.5, 0.6) is 0 Å². The SMILES string of the molecule is CC1(CO)C(O)CCC2(C)C(CC(=O)N3CCCCC3)c3nc(NC(=O)c4ccnc(Cl)c4)sc3CC12. The van der Waals surface area contributed by atoms with Crippen LogP contribution in [0.4, 0.5) is 5.13 Å². The van der Waals surface area contributed by atoms with E-state index in [1.165, 1.54) is 23.6 Å². The third kappa shape index (κ3) is 4.80. The van der Waals surface area contributed by atoms with Crippen molar-refractivity contribution < 1.29 is 19.8 Å². The minimum absolute atomic E-state index is 0.0246. The van der Waals surface area contributed by atoms with Gasteiger partial charge in [-0.1, -0.05) is 25.4 Å². The van der Waals surface area contributed by atoms with Crippen LogP contribution in [-0.4, -0.2) is 62.7 Å². The molecule has 2 aromatic rings. The van der Waals surface area contributed by atoms with Crippen molar-refractivity contribution in [2.24, 2.45) is 16.7 Å². The fraction of sp³-hybridized carbons (Fsp3) is 0.630. The molecule has 3 aliphatic rings. The molecule has 0 bridgehead atoms. The Labute approximate surface area is 226 Å². The van der Waals surface area contributed by atoms with Crippen molar-refractivity contribution >= 4 is 39.9 Å². The van der Waals surface area contributed by atoms with Crippen LogP contribution in [0.1, 0.15) is 79.2 Å². The molecule has 2 aromatic heterocycles. The van der Waals surface area contributed by atoms with Crippen molar-refractivity contribution in [3.63, 3.8) is 0 Å². The molecule has 200 valence electrons. The molecule has 5 atom stereocenters. The number of piperidine rings is 1. The van der Waals surface area contributed by atoms with Gasteiger partial charge in [0, 0.05) is 47.5 Å². The molecule has 5 rings (SSSR count). The molecule has 3 heterocycles. The number of aromatic nitrogens is 2. The van der Waals surface area contributed by atoms with E-state index in [0.717, 1.165) is 49.3 Å². The maximum atomic E-state index is 13.5. The highest BCUT2D eigenvalue weighted by molar-refractivity contribution is 7.15. The number of carbonyl (C=O) groups is 2. The number of hydrogen-bond acceptors (Lipinski definition) is 7. The van der Waals surface area contributed by atoms with E-state index >= 15 is 0 Å². The summed E-state index contributed by atoms with van der Waals surface area (Å²) in [4.78, 5) is 38.2. The predicted molar refractivity (Wildman–Crippen MR) is 143 cm³/mol. The van der Waals surface area contributed by atoms with Crippen LogP contribution in [0, 0.1) is 16.7 Å². The van der Waals surface area contributed by atoms with E-state index in [0.29, 0.717) is 30.0 Å². The van der Waals surface area contributed by atoms with E-state index in [1.807, 2.05) is 11.8 Å². The first kappa shape index (κ1) is 26.5. The van der Waals surface area contributed by atoms with Crippen molar-refractivity contribution in [1.82, 2.24) is 14.9 Å². The zero-order valence-electron chi connectivity index (χ0n) is 21.4. The summed E-state index contributed by atoms with van der Waals surface area (Å²) in [6.07, 6.45) is 6.40. The predicted octanol–water partition coefficient (Wildman–Crippen LogP) is 4.26. The quantitative estimate of drug-likeness (QED) is 0.483. The number of nitrogens with one attached hydrogen (secondary N) is 1. The molecule has 1 saturated carbocycles. The number of rotatable bonds is 5. The summed E-state index contributed by atoms with van der Waals surface area (Å²) >= 11 is 7.38. The lowest BCUT2D eigenvalue weighted by atomic mass is 9.47. The molecule has 8 nitrogen and oxygen atoms in total. The topological polar surface area (TPSA) is 116 Å². The first-order valence-electron chi connectivity index (χ1n) is 13.1. The molecule has 1 aliphatic heterocycles. The molecule has 10 heteroatoms. The maximum Gasteiger partial charge on any atom is 0.257 e. The molecular formula is C27H35ClN4O4S. The van der Waals surface area contributed by atoms with Gasteiger partial charge in [0.05, 0.1) is 18.4 Å². The molecule has 2 fully saturated rings. The van der Waals surface area contributed by atoms with Crippen LogP contribution < -0.4 is 5.32 Å².